The van der Waals surface area contributed by atoms with Gasteiger partial charge in [0.2, 0.25) is 5.89 Å². The summed E-state index contributed by atoms with van der Waals surface area (Å²) in [6.07, 6.45) is 4.13. The average Bonchev–Trinajstić information content (AvgIpc) is 3.38. The SMILES string of the molecule is Cc1n[nH]c2cc(-c3ccc4oc([C@@H]5CCCN5C#N)nc4c3)ccc12. The number of aromatic amines is 1. The van der Waals surface area contributed by atoms with Crippen molar-refractivity contribution >= 4 is 22.0 Å². The molecule has 0 radical (unpaired) electrons. The highest BCUT2D eigenvalue weighted by atomic mass is 16.3. The Bertz CT molecular complexity index is 1170. The number of fused-ring (bicyclic) bond motifs is 2. The first-order valence-corrected chi connectivity index (χ1v) is 8.75. The van der Waals surface area contributed by atoms with Crippen LogP contribution in [0.1, 0.15) is 30.5 Å². The Morgan fingerprint density at radius 2 is 2.08 bits per heavy atom. The van der Waals surface area contributed by atoms with E-state index in [0.29, 0.717) is 5.89 Å². The van der Waals surface area contributed by atoms with Gasteiger partial charge in [0.05, 0.1) is 11.2 Å². The van der Waals surface area contributed by atoms with Crippen LogP contribution in [0.3, 0.4) is 0 Å². The number of oxazole rings is 1. The van der Waals surface area contributed by atoms with Gasteiger partial charge in [-0.05, 0) is 49.1 Å². The number of hydrogen-bond donors (Lipinski definition) is 1. The summed E-state index contributed by atoms with van der Waals surface area (Å²) >= 11 is 0. The molecule has 0 spiro atoms. The minimum Gasteiger partial charge on any atom is -0.438 e. The fraction of sp³-hybridized carbons (Fsp3) is 0.250. The molecule has 5 rings (SSSR count). The third-order valence-electron chi connectivity index (χ3n) is 5.16. The number of benzene rings is 2. The molecular weight excluding hydrogens is 326 g/mol. The lowest BCUT2D eigenvalue weighted by Gasteiger charge is -2.13. The first kappa shape index (κ1) is 15.0. The lowest BCUT2D eigenvalue weighted by Crippen LogP contribution is -2.17. The van der Waals surface area contributed by atoms with Crippen molar-refractivity contribution in [3.8, 4) is 17.3 Å². The molecule has 0 unspecified atom stereocenters. The lowest BCUT2D eigenvalue weighted by atomic mass is 10.0. The van der Waals surface area contributed by atoms with Crippen LogP contribution < -0.4 is 0 Å². The van der Waals surface area contributed by atoms with Crippen LogP contribution in [0, 0.1) is 18.4 Å². The van der Waals surface area contributed by atoms with E-state index in [1.165, 1.54) is 0 Å². The van der Waals surface area contributed by atoms with E-state index in [1.807, 2.05) is 25.1 Å². The smallest absolute Gasteiger partial charge is 0.218 e. The molecule has 1 atom stereocenters. The zero-order chi connectivity index (χ0) is 17.7. The summed E-state index contributed by atoms with van der Waals surface area (Å²) < 4.78 is 5.93. The quantitative estimate of drug-likeness (QED) is 0.549. The highest BCUT2D eigenvalue weighted by Gasteiger charge is 2.29. The largest absolute Gasteiger partial charge is 0.438 e. The number of nitriles is 1. The Hall–Kier alpha value is -3.33. The summed E-state index contributed by atoms with van der Waals surface area (Å²) in [6.45, 7) is 2.77. The van der Waals surface area contributed by atoms with Crippen LogP contribution in [0.15, 0.2) is 40.8 Å². The average molecular weight is 343 g/mol. The Labute approximate surface area is 150 Å². The number of aromatic nitrogens is 3. The Morgan fingerprint density at radius 3 is 2.96 bits per heavy atom. The summed E-state index contributed by atoms with van der Waals surface area (Å²) in [6, 6.07) is 12.3. The second-order valence-electron chi connectivity index (χ2n) is 6.76. The van der Waals surface area contributed by atoms with Gasteiger partial charge in [0.25, 0.3) is 0 Å². The van der Waals surface area contributed by atoms with Gasteiger partial charge in [-0.3, -0.25) is 10.00 Å². The number of nitrogens with one attached hydrogen (secondary N) is 1. The second kappa shape index (κ2) is 5.60. The van der Waals surface area contributed by atoms with E-state index in [9.17, 15) is 5.26 Å². The molecule has 1 aliphatic heterocycles. The van der Waals surface area contributed by atoms with Crippen molar-refractivity contribution in [1.29, 1.82) is 5.26 Å². The standard InChI is InChI=1S/C20H17N5O/c1-12-15-6-4-13(9-16(15)24-23-12)14-5-7-19-17(10-14)22-20(26-19)18-3-2-8-25(18)11-21/h4-7,9-10,18H,2-3,8H2,1H3,(H,23,24)/t18-/m0/s1. The number of aryl methyl sites for hydroxylation is 1. The van der Waals surface area contributed by atoms with Gasteiger partial charge >= 0.3 is 0 Å². The zero-order valence-electron chi connectivity index (χ0n) is 14.4. The highest BCUT2D eigenvalue weighted by Crippen LogP contribution is 2.34. The van der Waals surface area contributed by atoms with Crippen LogP contribution >= 0.6 is 0 Å². The van der Waals surface area contributed by atoms with Gasteiger partial charge in [-0.25, -0.2) is 4.98 Å². The molecular formula is C20H17N5O. The fourth-order valence-corrected chi connectivity index (χ4v) is 3.75. The molecule has 1 saturated heterocycles. The van der Waals surface area contributed by atoms with Gasteiger partial charge in [-0.1, -0.05) is 18.2 Å². The first-order chi connectivity index (χ1) is 12.7. The molecule has 2 aromatic carbocycles. The summed E-state index contributed by atoms with van der Waals surface area (Å²) in [5.74, 6) is 0.635. The molecule has 128 valence electrons. The molecule has 4 aromatic rings. The predicted octanol–water partition coefficient (Wildman–Crippen LogP) is 4.30. The maximum Gasteiger partial charge on any atom is 0.218 e. The van der Waals surface area contributed by atoms with Gasteiger partial charge in [0.15, 0.2) is 11.8 Å². The molecule has 1 aliphatic rings. The molecule has 0 bridgehead atoms. The van der Waals surface area contributed by atoms with Crippen LogP contribution in [-0.4, -0.2) is 26.6 Å². The maximum atomic E-state index is 9.25. The van der Waals surface area contributed by atoms with E-state index in [-0.39, 0.29) is 6.04 Å². The van der Waals surface area contributed by atoms with Gasteiger partial charge < -0.3 is 4.42 Å². The molecule has 2 aromatic heterocycles. The maximum absolute atomic E-state index is 9.25. The highest BCUT2D eigenvalue weighted by molar-refractivity contribution is 5.88. The second-order valence-corrected chi connectivity index (χ2v) is 6.76. The van der Waals surface area contributed by atoms with Crippen molar-refractivity contribution in [1.82, 2.24) is 20.1 Å². The molecule has 3 heterocycles. The minimum atomic E-state index is -0.0415. The van der Waals surface area contributed by atoms with Gasteiger partial charge in [0, 0.05) is 11.9 Å². The summed E-state index contributed by atoms with van der Waals surface area (Å²) in [7, 11) is 0. The number of nitrogens with zero attached hydrogens (tertiary/aromatic N) is 4. The number of likely N-dealkylation sites (tertiary alicyclic amines) is 1. The van der Waals surface area contributed by atoms with E-state index < -0.39 is 0 Å². The van der Waals surface area contributed by atoms with Crippen LogP contribution in [0.4, 0.5) is 0 Å². The molecule has 1 N–H and O–H groups in total. The van der Waals surface area contributed by atoms with Crippen molar-refractivity contribution < 1.29 is 4.42 Å². The minimum absolute atomic E-state index is 0.0415. The summed E-state index contributed by atoms with van der Waals surface area (Å²) in [5.41, 5.74) is 5.79. The van der Waals surface area contributed by atoms with Crippen LogP contribution in [0.2, 0.25) is 0 Å². The van der Waals surface area contributed by atoms with Crippen molar-refractivity contribution in [2.24, 2.45) is 0 Å². The normalized spacial score (nSPS) is 17.2. The van der Waals surface area contributed by atoms with E-state index >= 15 is 0 Å². The molecule has 0 aliphatic carbocycles. The fourth-order valence-electron chi connectivity index (χ4n) is 3.75. The van der Waals surface area contributed by atoms with Crippen LogP contribution in [0.5, 0.6) is 0 Å². The van der Waals surface area contributed by atoms with Crippen molar-refractivity contribution in [3.63, 3.8) is 0 Å². The van der Waals surface area contributed by atoms with Gasteiger partial charge in [0.1, 0.15) is 11.6 Å². The van der Waals surface area contributed by atoms with Crippen molar-refractivity contribution in [2.45, 2.75) is 25.8 Å². The Kier molecular flexibility index (Phi) is 3.22. The molecule has 0 amide bonds. The van der Waals surface area contributed by atoms with E-state index in [1.54, 1.807) is 4.90 Å². The molecule has 26 heavy (non-hydrogen) atoms. The zero-order valence-corrected chi connectivity index (χ0v) is 14.4. The molecule has 6 nitrogen and oxygen atoms in total. The lowest BCUT2D eigenvalue weighted by molar-refractivity contribution is 0.314. The van der Waals surface area contributed by atoms with Crippen LogP contribution in [-0.2, 0) is 0 Å². The number of hydrogen-bond acceptors (Lipinski definition) is 5. The topological polar surface area (TPSA) is 81.7 Å². The third kappa shape index (κ3) is 2.25. The Morgan fingerprint density at radius 1 is 1.23 bits per heavy atom. The van der Waals surface area contributed by atoms with Gasteiger partial charge in [-0.2, -0.15) is 10.4 Å². The van der Waals surface area contributed by atoms with Crippen LogP contribution in [0.25, 0.3) is 33.1 Å². The summed E-state index contributed by atoms with van der Waals surface area (Å²) in [4.78, 5) is 6.42. The molecule has 1 fully saturated rings. The van der Waals surface area contributed by atoms with Crippen molar-refractivity contribution in [2.75, 3.05) is 6.54 Å². The summed E-state index contributed by atoms with van der Waals surface area (Å²) in [5, 5.41) is 17.7. The third-order valence-corrected chi connectivity index (χ3v) is 5.16. The molecule has 0 saturated carbocycles. The number of H-pyrrole nitrogens is 1. The Balaban J connectivity index is 1.55. The van der Waals surface area contributed by atoms with E-state index in [4.69, 9.17) is 4.42 Å². The predicted molar refractivity (Wildman–Crippen MR) is 98.1 cm³/mol. The van der Waals surface area contributed by atoms with Gasteiger partial charge in [-0.15, -0.1) is 0 Å². The van der Waals surface area contributed by atoms with E-state index in [2.05, 4.69) is 39.6 Å². The first-order valence-electron chi connectivity index (χ1n) is 8.75. The van der Waals surface area contributed by atoms with Crippen molar-refractivity contribution in [3.05, 3.63) is 48.0 Å². The molecule has 6 heteroatoms. The monoisotopic (exact) mass is 343 g/mol. The number of rotatable bonds is 2. The van der Waals surface area contributed by atoms with E-state index in [0.717, 1.165) is 58.2 Å².